The molecule has 0 amide bonds. The Labute approximate surface area is 117 Å². The molecule has 1 N–H and O–H groups in total. The lowest BCUT2D eigenvalue weighted by Gasteiger charge is -2.07. The molecule has 0 bridgehead atoms. The van der Waals surface area contributed by atoms with Gasteiger partial charge < -0.3 is 10.1 Å². The van der Waals surface area contributed by atoms with Crippen LogP contribution in [-0.4, -0.2) is 21.7 Å². The summed E-state index contributed by atoms with van der Waals surface area (Å²) in [6, 6.07) is 11.9. The number of fused-ring (bicyclic) bond motifs is 1. The smallest absolute Gasteiger partial charge is 0.243 e. The summed E-state index contributed by atoms with van der Waals surface area (Å²) in [6.07, 6.45) is 1.89. The molecule has 0 fully saturated rings. The van der Waals surface area contributed by atoms with E-state index in [2.05, 4.69) is 15.4 Å². The van der Waals surface area contributed by atoms with E-state index in [9.17, 15) is 0 Å². The van der Waals surface area contributed by atoms with Gasteiger partial charge in [-0.2, -0.15) is 4.98 Å². The van der Waals surface area contributed by atoms with Gasteiger partial charge in [0.25, 0.3) is 0 Å². The second-order valence-corrected chi connectivity index (χ2v) is 4.56. The number of ether oxygens (including phenoxy) is 1. The van der Waals surface area contributed by atoms with Gasteiger partial charge in [-0.15, -0.1) is 5.10 Å². The first kappa shape index (κ1) is 12.5. The van der Waals surface area contributed by atoms with Crippen molar-refractivity contribution < 1.29 is 4.74 Å². The van der Waals surface area contributed by atoms with Crippen LogP contribution in [0.15, 0.2) is 42.6 Å². The van der Waals surface area contributed by atoms with Crippen molar-refractivity contribution in [2.75, 3.05) is 12.4 Å². The van der Waals surface area contributed by atoms with E-state index in [4.69, 9.17) is 4.74 Å². The molecule has 5 heteroatoms. The fraction of sp³-hybridized carbons (Fsp3) is 0.200. The largest absolute Gasteiger partial charge is 0.496 e. The van der Waals surface area contributed by atoms with Crippen LogP contribution in [0.1, 0.15) is 11.1 Å². The van der Waals surface area contributed by atoms with Gasteiger partial charge in [-0.1, -0.05) is 24.3 Å². The van der Waals surface area contributed by atoms with E-state index in [0.717, 1.165) is 22.5 Å². The lowest BCUT2D eigenvalue weighted by Crippen LogP contribution is -2.03. The lowest BCUT2D eigenvalue weighted by atomic mass is 10.2. The Morgan fingerprint density at radius 1 is 1.20 bits per heavy atom. The van der Waals surface area contributed by atoms with Crippen molar-refractivity contribution in [3.8, 4) is 5.75 Å². The minimum atomic E-state index is 0.616. The number of rotatable bonds is 4. The molecule has 0 spiro atoms. The number of nitrogens with one attached hydrogen (secondary N) is 1. The molecule has 0 unspecified atom stereocenters. The Morgan fingerprint density at radius 3 is 2.85 bits per heavy atom. The summed E-state index contributed by atoms with van der Waals surface area (Å²) in [7, 11) is 1.67. The second kappa shape index (κ2) is 5.21. The average molecular weight is 268 g/mol. The molecular formula is C15H16N4O. The van der Waals surface area contributed by atoms with Gasteiger partial charge in [0, 0.05) is 18.3 Å². The molecule has 0 atom stereocenters. The standard InChI is InChI=1S/C15H16N4O/c1-11-6-5-9-19-14(11)17-15(18-19)16-10-12-7-3-4-8-13(12)20-2/h3-9H,10H2,1-2H3,(H,16,18). The van der Waals surface area contributed by atoms with Crippen molar-refractivity contribution in [3.05, 3.63) is 53.7 Å². The maximum Gasteiger partial charge on any atom is 0.243 e. The van der Waals surface area contributed by atoms with Gasteiger partial charge in [0.05, 0.1) is 7.11 Å². The van der Waals surface area contributed by atoms with Gasteiger partial charge in [-0.25, -0.2) is 4.52 Å². The maximum atomic E-state index is 5.33. The highest BCUT2D eigenvalue weighted by atomic mass is 16.5. The van der Waals surface area contributed by atoms with Gasteiger partial charge in [-0.05, 0) is 24.6 Å². The predicted molar refractivity (Wildman–Crippen MR) is 78.0 cm³/mol. The Balaban J connectivity index is 1.82. The van der Waals surface area contributed by atoms with Crippen LogP contribution in [0.5, 0.6) is 5.75 Å². The predicted octanol–water partition coefficient (Wildman–Crippen LogP) is 2.66. The maximum absolute atomic E-state index is 5.33. The van der Waals surface area contributed by atoms with Crippen LogP contribution < -0.4 is 10.1 Å². The first-order valence-electron chi connectivity index (χ1n) is 6.45. The molecule has 0 radical (unpaired) electrons. The normalized spacial score (nSPS) is 10.7. The third-order valence-corrected chi connectivity index (χ3v) is 3.19. The summed E-state index contributed by atoms with van der Waals surface area (Å²) in [6.45, 7) is 2.65. The van der Waals surface area contributed by atoms with E-state index in [-0.39, 0.29) is 0 Å². The number of hydrogen-bond donors (Lipinski definition) is 1. The highest BCUT2D eigenvalue weighted by Crippen LogP contribution is 2.18. The first-order valence-corrected chi connectivity index (χ1v) is 6.45. The van der Waals surface area contributed by atoms with E-state index < -0.39 is 0 Å². The molecular weight excluding hydrogens is 252 g/mol. The van der Waals surface area contributed by atoms with Crippen LogP contribution in [0.25, 0.3) is 5.65 Å². The summed E-state index contributed by atoms with van der Waals surface area (Å²) < 4.78 is 7.10. The average Bonchev–Trinajstić information content (AvgIpc) is 2.90. The van der Waals surface area contributed by atoms with E-state index in [0.29, 0.717) is 12.5 Å². The van der Waals surface area contributed by atoms with Gasteiger partial charge in [0.2, 0.25) is 5.95 Å². The van der Waals surface area contributed by atoms with Crippen molar-refractivity contribution >= 4 is 11.6 Å². The second-order valence-electron chi connectivity index (χ2n) is 4.56. The van der Waals surface area contributed by atoms with Gasteiger partial charge in [0.1, 0.15) is 5.75 Å². The zero-order chi connectivity index (χ0) is 13.9. The van der Waals surface area contributed by atoms with Crippen molar-refractivity contribution in [2.24, 2.45) is 0 Å². The molecule has 20 heavy (non-hydrogen) atoms. The molecule has 0 aliphatic heterocycles. The number of para-hydroxylation sites is 1. The number of nitrogens with zero attached hydrogens (tertiary/aromatic N) is 3. The Morgan fingerprint density at radius 2 is 2.05 bits per heavy atom. The first-order chi connectivity index (χ1) is 9.78. The van der Waals surface area contributed by atoms with Crippen LogP contribution >= 0.6 is 0 Å². The van der Waals surface area contributed by atoms with Crippen LogP contribution in [0.3, 0.4) is 0 Å². The van der Waals surface area contributed by atoms with E-state index in [1.54, 1.807) is 11.6 Å². The zero-order valence-corrected chi connectivity index (χ0v) is 11.5. The zero-order valence-electron chi connectivity index (χ0n) is 11.5. The summed E-state index contributed by atoms with van der Waals surface area (Å²) in [4.78, 5) is 4.48. The fourth-order valence-electron chi connectivity index (χ4n) is 2.14. The summed E-state index contributed by atoms with van der Waals surface area (Å²) >= 11 is 0. The highest BCUT2D eigenvalue weighted by molar-refractivity contribution is 5.50. The molecule has 3 aromatic rings. The van der Waals surface area contributed by atoms with Crippen molar-refractivity contribution in [3.63, 3.8) is 0 Å². The van der Waals surface area contributed by atoms with Gasteiger partial charge in [-0.3, -0.25) is 0 Å². The molecule has 0 aliphatic rings. The van der Waals surface area contributed by atoms with Crippen LogP contribution in [0.2, 0.25) is 0 Å². The Kier molecular flexibility index (Phi) is 3.25. The van der Waals surface area contributed by atoms with Crippen LogP contribution in [0, 0.1) is 6.92 Å². The summed E-state index contributed by atoms with van der Waals surface area (Å²) in [5.41, 5.74) is 3.05. The molecule has 1 aromatic carbocycles. The van der Waals surface area contributed by atoms with Crippen molar-refractivity contribution in [1.29, 1.82) is 0 Å². The lowest BCUT2D eigenvalue weighted by molar-refractivity contribution is 0.410. The number of hydrogen-bond acceptors (Lipinski definition) is 4. The molecule has 2 aromatic heterocycles. The minimum absolute atomic E-state index is 0.616. The Hall–Kier alpha value is -2.56. The monoisotopic (exact) mass is 268 g/mol. The molecule has 3 rings (SSSR count). The van der Waals surface area contributed by atoms with Gasteiger partial charge >= 0.3 is 0 Å². The van der Waals surface area contributed by atoms with Crippen molar-refractivity contribution in [1.82, 2.24) is 14.6 Å². The topological polar surface area (TPSA) is 51.5 Å². The number of methoxy groups -OCH3 is 1. The third kappa shape index (κ3) is 2.30. The number of aromatic nitrogens is 3. The molecule has 0 aliphatic carbocycles. The number of benzene rings is 1. The Bertz CT molecular complexity index is 736. The van der Waals surface area contributed by atoms with Crippen molar-refractivity contribution in [2.45, 2.75) is 13.5 Å². The van der Waals surface area contributed by atoms with E-state index >= 15 is 0 Å². The number of pyridine rings is 1. The van der Waals surface area contributed by atoms with E-state index in [1.807, 2.05) is 49.5 Å². The number of aryl methyl sites for hydroxylation is 1. The molecule has 0 saturated carbocycles. The third-order valence-electron chi connectivity index (χ3n) is 3.19. The molecule has 5 nitrogen and oxygen atoms in total. The van der Waals surface area contributed by atoms with Gasteiger partial charge in [0.15, 0.2) is 5.65 Å². The quantitative estimate of drug-likeness (QED) is 0.790. The fourth-order valence-corrected chi connectivity index (χ4v) is 2.14. The minimum Gasteiger partial charge on any atom is -0.496 e. The van der Waals surface area contributed by atoms with Crippen LogP contribution in [-0.2, 0) is 6.54 Å². The highest BCUT2D eigenvalue weighted by Gasteiger charge is 2.06. The number of anilines is 1. The molecule has 102 valence electrons. The summed E-state index contributed by atoms with van der Waals surface area (Å²) in [5.74, 6) is 1.48. The summed E-state index contributed by atoms with van der Waals surface area (Å²) in [5, 5.41) is 7.63. The molecule has 2 heterocycles. The molecule has 0 saturated heterocycles. The SMILES string of the molecule is COc1ccccc1CNc1nc2c(C)cccn2n1. The van der Waals surface area contributed by atoms with Crippen LogP contribution in [0.4, 0.5) is 5.95 Å². The van der Waals surface area contributed by atoms with E-state index in [1.165, 1.54) is 0 Å².